The Labute approximate surface area is 244 Å². The molecule has 1 aromatic carbocycles. The number of ether oxygens (including phenoxy) is 1. The van der Waals surface area contributed by atoms with Gasteiger partial charge in [0.1, 0.15) is 17.5 Å². The highest BCUT2D eigenvalue weighted by atomic mass is 16.5. The Morgan fingerprint density at radius 1 is 1.07 bits per heavy atom. The first-order valence-electron chi connectivity index (χ1n) is 14.9. The van der Waals surface area contributed by atoms with Crippen LogP contribution in [-0.4, -0.2) is 44.5 Å². The first-order valence-corrected chi connectivity index (χ1v) is 14.9. The molecular weight excluding hydrogens is 528 g/mol. The number of piperidine rings is 1. The van der Waals surface area contributed by atoms with E-state index in [0.29, 0.717) is 17.0 Å². The summed E-state index contributed by atoms with van der Waals surface area (Å²) in [6.07, 6.45) is 14.6. The fourth-order valence-corrected chi connectivity index (χ4v) is 5.91. The number of carbonyl (C=O) groups excluding carboxylic acids is 1. The molecule has 0 spiro atoms. The van der Waals surface area contributed by atoms with Crippen molar-refractivity contribution in [2.45, 2.75) is 57.6 Å². The molecule has 0 radical (unpaired) electrons. The van der Waals surface area contributed by atoms with E-state index in [0.717, 1.165) is 80.6 Å². The van der Waals surface area contributed by atoms with Gasteiger partial charge in [-0.1, -0.05) is 6.08 Å². The molecule has 0 unspecified atom stereocenters. The van der Waals surface area contributed by atoms with E-state index in [9.17, 15) is 9.59 Å². The van der Waals surface area contributed by atoms with Gasteiger partial charge in [0.05, 0.1) is 12.1 Å². The predicted octanol–water partition coefficient (Wildman–Crippen LogP) is 5.27. The Balaban J connectivity index is 1.22. The lowest BCUT2D eigenvalue weighted by Crippen LogP contribution is -2.34. The number of hydrogen-bond acceptors (Lipinski definition) is 8. The molecule has 0 amide bonds. The maximum Gasteiger partial charge on any atom is 0.263 e. The van der Waals surface area contributed by atoms with E-state index < -0.39 is 0 Å². The van der Waals surface area contributed by atoms with Crippen LogP contribution < -0.4 is 20.9 Å². The number of nitrogens with zero attached hydrogens (tertiary/aromatic N) is 4. The van der Waals surface area contributed by atoms with E-state index in [-0.39, 0.29) is 35.5 Å². The maximum atomic E-state index is 13.9. The van der Waals surface area contributed by atoms with Crippen molar-refractivity contribution in [2.75, 3.05) is 18.4 Å². The lowest BCUT2D eigenvalue weighted by Gasteiger charge is -2.23. The molecule has 1 saturated heterocycles. The topological polar surface area (TPSA) is 111 Å². The van der Waals surface area contributed by atoms with Crippen LogP contribution in [0.25, 0.3) is 16.6 Å². The Morgan fingerprint density at radius 2 is 1.90 bits per heavy atom. The molecule has 1 aliphatic heterocycles. The van der Waals surface area contributed by atoms with Crippen LogP contribution in [0.4, 0.5) is 11.6 Å². The third-order valence-electron chi connectivity index (χ3n) is 8.36. The summed E-state index contributed by atoms with van der Waals surface area (Å²) in [5.74, 6) is 1.05. The van der Waals surface area contributed by atoms with Crippen LogP contribution in [0.3, 0.4) is 0 Å². The third kappa shape index (κ3) is 5.56. The molecule has 0 bridgehead atoms. The summed E-state index contributed by atoms with van der Waals surface area (Å²) in [5.41, 5.74) is 4.49. The predicted molar refractivity (Wildman–Crippen MR) is 162 cm³/mol. The number of aromatic nitrogens is 4. The van der Waals surface area contributed by atoms with Crippen molar-refractivity contribution in [1.29, 1.82) is 0 Å². The Morgan fingerprint density at radius 3 is 2.67 bits per heavy atom. The Hall–Kier alpha value is -4.37. The number of nitrogens with one attached hydrogen (secondary N) is 2. The van der Waals surface area contributed by atoms with Crippen molar-refractivity contribution in [2.24, 2.45) is 5.92 Å². The van der Waals surface area contributed by atoms with Gasteiger partial charge in [-0.15, -0.1) is 0 Å². The van der Waals surface area contributed by atoms with Gasteiger partial charge in [0, 0.05) is 35.6 Å². The van der Waals surface area contributed by atoms with Crippen LogP contribution in [0.5, 0.6) is 5.75 Å². The van der Waals surface area contributed by atoms with E-state index in [4.69, 9.17) is 9.72 Å². The minimum Gasteiger partial charge on any atom is -0.490 e. The summed E-state index contributed by atoms with van der Waals surface area (Å²) in [6.45, 7) is 2.22. The third-order valence-corrected chi connectivity index (χ3v) is 8.36. The number of anilines is 2. The van der Waals surface area contributed by atoms with Gasteiger partial charge in [-0.25, -0.2) is 4.98 Å². The summed E-state index contributed by atoms with van der Waals surface area (Å²) < 4.78 is 7.74. The van der Waals surface area contributed by atoms with Crippen molar-refractivity contribution < 1.29 is 9.53 Å². The van der Waals surface area contributed by atoms with Crippen LogP contribution in [0, 0.1) is 5.92 Å². The molecule has 2 aliphatic carbocycles. The fourth-order valence-electron chi connectivity index (χ4n) is 5.91. The molecule has 7 rings (SSSR count). The Kier molecular flexibility index (Phi) is 7.25. The lowest BCUT2D eigenvalue weighted by atomic mass is 10.0. The smallest absolute Gasteiger partial charge is 0.263 e. The minimum atomic E-state index is -0.321. The van der Waals surface area contributed by atoms with Crippen molar-refractivity contribution in [3.05, 3.63) is 88.1 Å². The lowest BCUT2D eigenvalue weighted by molar-refractivity contribution is 0.0966. The van der Waals surface area contributed by atoms with E-state index in [1.165, 1.54) is 5.57 Å². The molecule has 42 heavy (non-hydrogen) atoms. The van der Waals surface area contributed by atoms with Gasteiger partial charge >= 0.3 is 0 Å². The standard InChI is InChI=1S/C33H34N6O3/c40-30(22-5-6-22)29-17-23-19-36-33(37-25-7-9-26(10-8-25)42-27-11-14-34-15-12-27)38-31(23)39(32(29)41)20-24-18-35-16-13-28(24)21-3-1-2-4-21/h3,7-10,13,16-19,22,27,34H,1-2,4-6,11-12,14-15,20H2,(H,36,37,38). The number of fused-ring (bicyclic) bond motifs is 1. The maximum absolute atomic E-state index is 13.9. The second-order valence-corrected chi connectivity index (χ2v) is 11.4. The van der Waals surface area contributed by atoms with Gasteiger partial charge in [0.15, 0.2) is 5.78 Å². The fraction of sp³-hybridized carbons (Fsp3) is 0.364. The number of benzene rings is 1. The molecule has 1 saturated carbocycles. The highest BCUT2D eigenvalue weighted by Crippen LogP contribution is 2.33. The monoisotopic (exact) mass is 562 g/mol. The number of pyridine rings is 2. The van der Waals surface area contributed by atoms with E-state index in [2.05, 4.69) is 26.7 Å². The number of Topliss-reactive ketones (excluding diaryl/α,β-unsaturated/α-hetero) is 1. The quantitative estimate of drug-likeness (QED) is 0.266. The molecule has 0 atom stereocenters. The Bertz CT molecular complexity index is 1720. The van der Waals surface area contributed by atoms with Gasteiger partial charge in [-0.3, -0.25) is 19.1 Å². The number of carbonyl (C=O) groups is 1. The van der Waals surface area contributed by atoms with Crippen LogP contribution in [0.2, 0.25) is 0 Å². The average molecular weight is 563 g/mol. The number of rotatable bonds is 9. The van der Waals surface area contributed by atoms with Crippen LogP contribution in [0.15, 0.2) is 65.9 Å². The molecule has 9 heteroatoms. The highest BCUT2D eigenvalue weighted by molar-refractivity contribution is 6.01. The largest absolute Gasteiger partial charge is 0.490 e. The number of allylic oxidation sites excluding steroid dienone is 2. The highest BCUT2D eigenvalue weighted by Gasteiger charge is 2.33. The second-order valence-electron chi connectivity index (χ2n) is 11.4. The SMILES string of the molecule is O=C(c1cc2cnc(Nc3ccc(OC4CCNCC4)cc3)nc2n(Cc2cnccc2C2=CCCC2)c1=O)C1CC1. The molecule has 2 N–H and O–H groups in total. The van der Waals surface area contributed by atoms with Crippen molar-refractivity contribution in [1.82, 2.24) is 24.8 Å². The molecule has 2 fully saturated rings. The molecule has 4 heterocycles. The molecule has 3 aliphatic rings. The molecule has 3 aromatic heterocycles. The zero-order chi connectivity index (χ0) is 28.5. The number of hydrogen-bond donors (Lipinski definition) is 2. The van der Waals surface area contributed by atoms with Gasteiger partial charge in [-0.2, -0.15) is 4.98 Å². The molecule has 214 valence electrons. The van der Waals surface area contributed by atoms with Crippen LogP contribution in [0.1, 0.15) is 66.4 Å². The normalized spacial score (nSPS) is 17.3. The zero-order valence-corrected chi connectivity index (χ0v) is 23.5. The average Bonchev–Trinajstić information content (AvgIpc) is 3.73. The summed E-state index contributed by atoms with van der Waals surface area (Å²) in [6, 6.07) is 11.4. The van der Waals surface area contributed by atoms with Gasteiger partial charge in [0.2, 0.25) is 5.95 Å². The number of ketones is 1. The first kappa shape index (κ1) is 26.5. The minimum absolute atomic E-state index is 0.0650. The van der Waals surface area contributed by atoms with E-state index in [1.54, 1.807) is 23.0 Å². The first-order chi connectivity index (χ1) is 20.6. The van der Waals surface area contributed by atoms with Crippen molar-refractivity contribution >= 4 is 34.0 Å². The van der Waals surface area contributed by atoms with Gasteiger partial charge < -0.3 is 15.4 Å². The van der Waals surface area contributed by atoms with Crippen LogP contribution >= 0.6 is 0 Å². The van der Waals surface area contributed by atoms with Crippen molar-refractivity contribution in [3.63, 3.8) is 0 Å². The van der Waals surface area contributed by atoms with E-state index >= 15 is 0 Å². The molecular formula is C33H34N6O3. The molecule has 4 aromatic rings. The summed E-state index contributed by atoms with van der Waals surface area (Å²) in [4.78, 5) is 40.7. The summed E-state index contributed by atoms with van der Waals surface area (Å²) >= 11 is 0. The second kappa shape index (κ2) is 11.5. The van der Waals surface area contributed by atoms with Crippen molar-refractivity contribution in [3.8, 4) is 5.75 Å². The van der Waals surface area contributed by atoms with Gasteiger partial charge in [0.25, 0.3) is 5.56 Å². The summed E-state index contributed by atoms with van der Waals surface area (Å²) in [7, 11) is 0. The van der Waals surface area contributed by atoms with Gasteiger partial charge in [-0.05, 0) is 111 Å². The molecule has 9 nitrogen and oxygen atoms in total. The van der Waals surface area contributed by atoms with Crippen LogP contribution in [-0.2, 0) is 6.54 Å². The zero-order valence-electron chi connectivity index (χ0n) is 23.5. The summed E-state index contributed by atoms with van der Waals surface area (Å²) in [5, 5.41) is 7.28. The van der Waals surface area contributed by atoms with E-state index in [1.807, 2.05) is 36.5 Å².